The Morgan fingerprint density at radius 1 is 1.40 bits per heavy atom. The van der Waals surface area contributed by atoms with Gasteiger partial charge in [-0.2, -0.15) is 0 Å². The van der Waals surface area contributed by atoms with Crippen molar-refractivity contribution in [1.29, 1.82) is 0 Å². The average molecular weight is 327 g/mol. The maximum Gasteiger partial charge on any atom is 0.373 e. The van der Waals surface area contributed by atoms with Crippen LogP contribution >= 0.6 is 12.4 Å². The lowest BCUT2D eigenvalue weighted by Crippen LogP contribution is -2.27. The van der Waals surface area contributed by atoms with E-state index >= 15 is 0 Å². The molecule has 1 rings (SSSR count). The van der Waals surface area contributed by atoms with Crippen molar-refractivity contribution >= 4 is 28.4 Å². The maximum absolute atomic E-state index is 12.0. The molecule has 2 N–H and O–H groups in total. The standard InChI is InChI=1S/C11H18N2O5S.ClH/c1-8-10(7-9(18-8)11(14)17-3)19(15,16)13-6-4-5-12-2;/h7,12-13H,4-6H2,1-3H3;1H. The summed E-state index contributed by atoms with van der Waals surface area (Å²) >= 11 is 0. The smallest absolute Gasteiger partial charge is 0.373 e. The number of aryl methyl sites for hydroxylation is 1. The molecule has 20 heavy (non-hydrogen) atoms. The van der Waals surface area contributed by atoms with E-state index in [9.17, 15) is 13.2 Å². The Morgan fingerprint density at radius 2 is 2.05 bits per heavy atom. The summed E-state index contributed by atoms with van der Waals surface area (Å²) in [4.78, 5) is 11.2. The minimum atomic E-state index is -3.67. The number of nitrogens with one attached hydrogen (secondary N) is 2. The third-order valence-corrected chi connectivity index (χ3v) is 4.01. The van der Waals surface area contributed by atoms with Crippen LogP contribution < -0.4 is 10.0 Å². The highest BCUT2D eigenvalue weighted by molar-refractivity contribution is 7.89. The summed E-state index contributed by atoms with van der Waals surface area (Å²) in [5.41, 5.74) is 0. The highest BCUT2D eigenvalue weighted by Gasteiger charge is 2.23. The number of rotatable bonds is 7. The van der Waals surface area contributed by atoms with Crippen molar-refractivity contribution in [3.8, 4) is 0 Å². The molecule has 0 bridgehead atoms. The van der Waals surface area contributed by atoms with Crippen LogP contribution in [0, 0.1) is 6.92 Å². The van der Waals surface area contributed by atoms with Gasteiger partial charge in [0.1, 0.15) is 10.7 Å². The SMILES string of the molecule is CNCCCNS(=O)(=O)c1cc(C(=O)OC)oc1C.Cl. The number of halogens is 1. The van der Waals surface area contributed by atoms with Gasteiger partial charge in [-0.3, -0.25) is 0 Å². The molecule has 0 spiro atoms. The summed E-state index contributed by atoms with van der Waals surface area (Å²) in [5.74, 6) is -0.683. The van der Waals surface area contributed by atoms with Crippen LogP contribution in [-0.2, 0) is 14.8 Å². The lowest BCUT2D eigenvalue weighted by atomic mass is 10.4. The molecule has 0 saturated heterocycles. The fourth-order valence-electron chi connectivity index (χ4n) is 1.48. The van der Waals surface area contributed by atoms with E-state index in [0.717, 1.165) is 0 Å². The number of esters is 1. The van der Waals surface area contributed by atoms with Crippen LogP contribution in [0.3, 0.4) is 0 Å². The monoisotopic (exact) mass is 326 g/mol. The number of methoxy groups -OCH3 is 1. The largest absolute Gasteiger partial charge is 0.463 e. The molecule has 0 atom stereocenters. The van der Waals surface area contributed by atoms with Gasteiger partial charge in [0.05, 0.1) is 7.11 Å². The third-order valence-electron chi connectivity index (χ3n) is 2.44. The Bertz CT molecular complexity index is 541. The van der Waals surface area contributed by atoms with Crippen molar-refractivity contribution in [3.63, 3.8) is 0 Å². The van der Waals surface area contributed by atoms with Crippen molar-refractivity contribution in [2.24, 2.45) is 0 Å². The molecule has 0 aliphatic heterocycles. The number of ether oxygens (including phenoxy) is 1. The van der Waals surface area contributed by atoms with Crippen molar-refractivity contribution in [1.82, 2.24) is 10.0 Å². The molecule has 0 radical (unpaired) electrons. The van der Waals surface area contributed by atoms with E-state index in [-0.39, 0.29) is 28.8 Å². The van der Waals surface area contributed by atoms with Crippen molar-refractivity contribution in [2.45, 2.75) is 18.2 Å². The zero-order valence-corrected chi connectivity index (χ0v) is 13.2. The van der Waals surface area contributed by atoms with E-state index in [1.807, 2.05) is 0 Å². The van der Waals surface area contributed by atoms with E-state index in [4.69, 9.17) is 4.42 Å². The molecule has 1 aromatic heterocycles. The molecule has 7 nitrogen and oxygen atoms in total. The van der Waals surface area contributed by atoms with Crippen LogP contribution in [-0.4, -0.2) is 41.6 Å². The van der Waals surface area contributed by atoms with Crippen LogP contribution in [0.25, 0.3) is 0 Å². The zero-order valence-electron chi connectivity index (χ0n) is 11.6. The lowest BCUT2D eigenvalue weighted by Gasteiger charge is -2.04. The predicted molar refractivity (Wildman–Crippen MR) is 75.8 cm³/mol. The Hall–Kier alpha value is -1.09. The molecule has 0 aliphatic rings. The molecule has 0 amide bonds. The normalized spacial score (nSPS) is 10.9. The van der Waals surface area contributed by atoms with Crippen LogP contribution in [0.1, 0.15) is 22.7 Å². The van der Waals surface area contributed by atoms with Crippen molar-refractivity contribution < 1.29 is 22.4 Å². The molecule has 0 aromatic carbocycles. The molecular formula is C11H19ClN2O5S. The average Bonchev–Trinajstić information content (AvgIpc) is 2.76. The van der Waals surface area contributed by atoms with E-state index in [1.165, 1.54) is 20.1 Å². The van der Waals surface area contributed by atoms with E-state index in [1.54, 1.807) is 7.05 Å². The summed E-state index contributed by atoms with van der Waals surface area (Å²) in [6.45, 7) is 2.50. The second-order valence-corrected chi connectivity index (χ2v) is 5.61. The lowest BCUT2D eigenvalue weighted by molar-refractivity contribution is 0.0563. The molecule has 0 aliphatic carbocycles. The highest BCUT2D eigenvalue weighted by Crippen LogP contribution is 2.20. The molecule has 1 heterocycles. The summed E-state index contributed by atoms with van der Waals surface area (Å²) in [7, 11) is -0.684. The number of carbonyl (C=O) groups excluding carboxylic acids is 1. The molecule has 0 saturated carbocycles. The van der Waals surface area contributed by atoms with Crippen molar-refractivity contribution in [2.75, 3.05) is 27.2 Å². The Kier molecular flexibility index (Phi) is 7.80. The van der Waals surface area contributed by atoms with Crippen molar-refractivity contribution in [3.05, 3.63) is 17.6 Å². The van der Waals surface area contributed by atoms with Gasteiger partial charge in [-0.05, 0) is 26.9 Å². The van der Waals surface area contributed by atoms with Gasteiger partial charge >= 0.3 is 5.97 Å². The Morgan fingerprint density at radius 3 is 2.60 bits per heavy atom. The van der Waals surface area contributed by atoms with Crippen LogP contribution in [0.15, 0.2) is 15.4 Å². The molecule has 116 valence electrons. The molecule has 1 aromatic rings. The van der Waals surface area contributed by atoms with Crippen LogP contribution in [0.4, 0.5) is 0 Å². The van der Waals surface area contributed by atoms with Gasteiger partial charge in [-0.25, -0.2) is 17.9 Å². The first kappa shape index (κ1) is 18.9. The quantitative estimate of drug-likeness (QED) is 0.565. The molecular weight excluding hydrogens is 308 g/mol. The van der Waals surface area contributed by atoms with Gasteiger partial charge in [0.2, 0.25) is 15.8 Å². The topological polar surface area (TPSA) is 97.6 Å². The second kappa shape index (κ2) is 8.25. The maximum atomic E-state index is 12.0. The van der Waals surface area contributed by atoms with Crippen LogP contribution in [0.5, 0.6) is 0 Å². The van der Waals surface area contributed by atoms with E-state index < -0.39 is 16.0 Å². The van der Waals surface area contributed by atoms with Gasteiger partial charge in [-0.1, -0.05) is 0 Å². The van der Waals surface area contributed by atoms with Gasteiger partial charge in [0.15, 0.2) is 0 Å². The minimum absolute atomic E-state index is 0. The van der Waals surface area contributed by atoms with E-state index in [2.05, 4.69) is 14.8 Å². The first-order chi connectivity index (χ1) is 8.92. The second-order valence-electron chi connectivity index (χ2n) is 3.88. The van der Waals surface area contributed by atoms with Gasteiger partial charge in [0.25, 0.3) is 0 Å². The highest BCUT2D eigenvalue weighted by atomic mass is 35.5. The molecule has 9 heteroatoms. The summed E-state index contributed by atoms with van der Waals surface area (Å²) in [6, 6.07) is 1.17. The minimum Gasteiger partial charge on any atom is -0.463 e. The summed E-state index contributed by atoms with van der Waals surface area (Å²) < 4.78 is 36.0. The summed E-state index contributed by atoms with van der Waals surface area (Å²) in [6.07, 6.45) is 0.663. The first-order valence-corrected chi connectivity index (χ1v) is 7.23. The first-order valence-electron chi connectivity index (χ1n) is 5.75. The fourth-order valence-corrected chi connectivity index (χ4v) is 2.73. The number of sulfonamides is 1. The zero-order chi connectivity index (χ0) is 14.5. The number of furan rings is 1. The van der Waals surface area contributed by atoms with Crippen LogP contribution in [0.2, 0.25) is 0 Å². The molecule has 0 unspecified atom stereocenters. The van der Waals surface area contributed by atoms with Gasteiger partial charge < -0.3 is 14.5 Å². The number of hydrogen-bond donors (Lipinski definition) is 2. The molecule has 0 fully saturated rings. The summed E-state index contributed by atoms with van der Waals surface area (Å²) in [5, 5.41) is 2.92. The van der Waals surface area contributed by atoms with Gasteiger partial charge in [-0.15, -0.1) is 12.4 Å². The Labute approximate surface area is 124 Å². The van der Waals surface area contributed by atoms with E-state index in [0.29, 0.717) is 19.5 Å². The fraction of sp³-hybridized carbons (Fsp3) is 0.545. The predicted octanol–water partition coefficient (Wildman–Crippen LogP) is 0.684. The van der Waals surface area contributed by atoms with Gasteiger partial charge in [0, 0.05) is 12.6 Å². The third kappa shape index (κ3) is 4.78. The number of hydrogen-bond acceptors (Lipinski definition) is 6. The Balaban J connectivity index is 0.00000361. The number of carbonyl (C=O) groups is 1.